The van der Waals surface area contributed by atoms with Crippen molar-refractivity contribution >= 4 is 23.4 Å². The highest BCUT2D eigenvalue weighted by molar-refractivity contribution is 6.02. The molecule has 3 fully saturated rings. The lowest BCUT2D eigenvalue weighted by atomic mass is 9.48. The molecule has 266 valence electrons. The minimum Gasteiger partial charge on any atom is -0.505 e. The molecule has 12 nitrogen and oxygen atoms in total. The van der Waals surface area contributed by atoms with Gasteiger partial charge in [0.15, 0.2) is 5.75 Å². The van der Waals surface area contributed by atoms with Crippen LogP contribution in [-0.4, -0.2) is 86.8 Å². The first-order chi connectivity index (χ1) is 23.0. The summed E-state index contributed by atoms with van der Waals surface area (Å²) in [5.41, 5.74) is 6.96. The number of aromatic hydroxyl groups is 1. The van der Waals surface area contributed by atoms with E-state index in [2.05, 4.69) is 30.6 Å². The molecule has 3 amide bonds. The van der Waals surface area contributed by atoms with Crippen molar-refractivity contribution < 1.29 is 43.5 Å². The zero-order chi connectivity index (χ0) is 34.5. The van der Waals surface area contributed by atoms with Gasteiger partial charge >= 0.3 is 0 Å². The molecule has 12 heteroatoms. The Hall–Kier alpha value is -3.19. The van der Waals surface area contributed by atoms with Gasteiger partial charge in [-0.15, -0.1) is 0 Å². The molecule has 4 aliphatic carbocycles. The summed E-state index contributed by atoms with van der Waals surface area (Å²) in [4.78, 5) is 36.3. The molecule has 4 aliphatic rings. The number of aliphatic hydroxyl groups is 1. The number of primary amides is 1. The van der Waals surface area contributed by atoms with Gasteiger partial charge in [-0.25, -0.2) is 0 Å². The van der Waals surface area contributed by atoms with Crippen LogP contribution in [0.5, 0.6) is 11.5 Å². The summed E-state index contributed by atoms with van der Waals surface area (Å²) < 4.78 is 22.2. The Kier molecular flexibility index (Phi) is 11.7. The van der Waals surface area contributed by atoms with Gasteiger partial charge in [-0.2, -0.15) is 0 Å². The van der Waals surface area contributed by atoms with Crippen LogP contribution in [0.4, 0.5) is 5.69 Å². The first-order valence-corrected chi connectivity index (χ1v) is 17.4. The number of carbonyl (C=O) groups is 3. The number of amides is 3. The Labute approximate surface area is 283 Å². The first-order valence-electron chi connectivity index (χ1n) is 17.4. The van der Waals surface area contributed by atoms with Crippen molar-refractivity contribution in [3.05, 3.63) is 29.3 Å². The molecule has 5 rings (SSSR count). The van der Waals surface area contributed by atoms with Crippen LogP contribution in [0.1, 0.15) is 82.0 Å². The Bertz CT molecular complexity index is 1370. The van der Waals surface area contributed by atoms with Crippen molar-refractivity contribution in [2.24, 2.45) is 34.3 Å². The number of aliphatic hydroxyl groups excluding tert-OH is 1. The highest BCUT2D eigenvalue weighted by Crippen LogP contribution is 2.65. The second-order valence-corrected chi connectivity index (χ2v) is 14.4. The molecule has 1 aromatic carbocycles. The standard InChI is InChI=1S/C36H53N3O9/c1-35-13-10-23(40)20-22(35)4-5-24-25-6-9-29(36(25,2)14-11-26(24)35)48-16-12-30(41)38-15-17-46-18-19-47-21-31(42)39-27-7-8-28(45-3)32(33(27)43)34(37)44/h4,7-8,23-26,29,40,43H,5-6,9-21H2,1-3H3,(H2,37,44)(H,38,41)(H,39,42)/t23-,24?,25?,26?,29-,35-,36-/m1/s1. The lowest BCUT2D eigenvalue weighted by Crippen LogP contribution is -2.51. The highest BCUT2D eigenvalue weighted by atomic mass is 16.5. The van der Waals surface area contributed by atoms with Crippen molar-refractivity contribution in [2.45, 2.75) is 83.8 Å². The molecule has 7 atom stereocenters. The van der Waals surface area contributed by atoms with Crippen LogP contribution in [0, 0.1) is 28.6 Å². The number of fused-ring (bicyclic) bond motifs is 5. The Balaban J connectivity index is 0.933. The third-order valence-corrected chi connectivity index (χ3v) is 11.7. The van der Waals surface area contributed by atoms with E-state index in [1.807, 2.05) is 0 Å². The van der Waals surface area contributed by atoms with Crippen LogP contribution >= 0.6 is 0 Å². The average Bonchev–Trinajstić information content (AvgIpc) is 3.39. The molecule has 0 aliphatic heterocycles. The van der Waals surface area contributed by atoms with Gasteiger partial charge in [0, 0.05) is 13.0 Å². The molecular weight excluding hydrogens is 618 g/mol. The van der Waals surface area contributed by atoms with Gasteiger partial charge in [0.05, 0.1) is 51.4 Å². The van der Waals surface area contributed by atoms with E-state index < -0.39 is 17.6 Å². The summed E-state index contributed by atoms with van der Waals surface area (Å²) in [6, 6.07) is 2.81. The Morgan fingerprint density at radius 2 is 1.77 bits per heavy atom. The smallest absolute Gasteiger partial charge is 0.256 e. The molecule has 6 N–H and O–H groups in total. The molecule has 0 bridgehead atoms. The fraction of sp³-hybridized carbons (Fsp3) is 0.694. The molecular formula is C36H53N3O9. The number of hydrogen-bond donors (Lipinski definition) is 5. The number of nitrogens with two attached hydrogens (primary N) is 1. The van der Waals surface area contributed by atoms with Crippen LogP contribution in [0.15, 0.2) is 23.8 Å². The molecule has 0 aromatic heterocycles. The fourth-order valence-corrected chi connectivity index (χ4v) is 9.17. The van der Waals surface area contributed by atoms with E-state index >= 15 is 0 Å². The van der Waals surface area contributed by atoms with Crippen molar-refractivity contribution in [1.29, 1.82) is 0 Å². The third-order valence-electron chi connectivity index (χ3n) is 11.7. The summed E-state index contributed by atoms with van der Waals surface area (Å²) in [5.74, 6) is 0.134. The van der Waals surface area contributed by atoms with Gasteiger partial charge in [0.25, 0.3) is 5.91 Å². The fourth-order valence-electron chi connectivity index (χ4n) is 9.17. The van der Waals surface area contributed by atoms with Gasteiger partial charge in [-0.05, 0) is 92.1 Å². The predicted octanol–water partition coefficient (Wildman–Crippen LogP) is 3.69. The summed E-state index contributed by atoms with van der Waals surface area (Å²) in [6.07, 6.45) is 11.4. The number of methoxy groups -OCH3 is 1. The van der Waals surface area contributed by atoms with E-state index in [0.717, 1.165) is 38.5 Å². The van der Waals surface area contributed by atoms with Crippen molar-refractivity contribution in [3.63, 3.8) is 0 Å². The zero-order valence-corrected chi connectivity index (χ0v) is 28.6. The number of nitrogens with one attached hydrogen (secondary N) is 2. The maximum atomic E-state index is 12.4. The monoisotopic (exact) mass is 671 g/mol. The molecule has 48 heavy (non-hydrogen) atoms. The van der Waals surface area contributed by atoms with Crippen LogP contribution in [0.25, 0.3) is 0 Å². The lowest BCUT2D eigenvalue weighted by Gasteiger charge is -2.57. The highest BCUT2D eigenvalue weighted by Gasteiger charge is 2.59. The van der Waals surface area contributed by atoms with Crippen LogP contribution in [0.2, 0.25) is 0 Å². The number of ether oxygens (including phenoxy) is 4. The van der Waals surface area contributed by atoms with Gasteiger partial charge in [-0.1, -0.05) is 25.5 Å². The number of rotatable bonds is 15. The van der Waals surface area contributed by atoms with Gasteiger partial charge in [0.2, 0.25) is 11.8 Å². The Morgan fingerprint density at radius 1 is 0.979 bits per heavy atom. The van der Waals surface area contributed by atoms with E-state index in [1.165, 1.54) is 37.7 Å². The zero-order valence-electron chi connectivity index (χ0n) is 28.6. The number of allylic oxidation sites excluding steroid dienone is 1. The van der Waals surface area contributed by atoms with Gasteiger partial charge in [-0.3, -0.25) is 14.4 Å². The topological polar surface area (TPSA) is 179 Å². The molecule has 0 radical (unpaired) electrons. The van der Waals surface area contributed by atoms with Crippen molar-refractivity contribution in [2.75, 3.05) is 52.0 Å². The molecule has 1 aromatic rings. The molecule has 3 unspecified atom stereocenters. The molecule has 3 saturated carbocycles. The largest absolute Gasteiger partial charge is 0.505 e. The van der Waals surface area contributed by atoms with Gasteiger partial charge in [0.1, 0.15) is 17.9 Å². The molecule has 0 saturated heterocycles. The maximum absolute atomic E-state index is 12.4. The second kappa shape index (κ2) is 15.6. The summed E-state index contributed by atoms with van der Waals surface area (Å²) in [7, 11) is 1.34. The average molecular weight is 672 g/mol. The normalized spacial score (nSPS) is 30.8. The van der Waals surface area contributed by atoms with E-state index in [1.54, 1.807) is 0 Å². The van der Waals surface area contributed by atoms with Crippen LogP contribution in [0.3, 0.4) is 0 Å². The van der Waals surface area contributed by atoms with Crippen molar-refractivity contribution in [3.8, 4) is 11.5 Å². The number of anilines is 1. The van der Waals surface area contributed by atoms with E-state index in [4.69, 9.17) is 24.7 Å². The van der Waals surface area contributed by atoms with Crippen LogP contribution < -0.4 is 21.1 Å². The molecule has 0 heterocycles. The lowest BCUT2D eigenvalue weighted by molar-refractivity contribution is -0.125. The SMILES string of the molecule is COc1ccc(NC(=O)COCCOCCNC(=O)CCO[C@@H]2CCC3C4CC=C5C[C@H](O)CC[C@@]5(C)C4CC[C@]32C)c(O)c1C(N)=O. The quantitative estimate of drug-likeness (QED) is 0.106. The number of phenols is 1. The van der Waals surface area contributed by atoms with Crippen LogP contribution in [-0.2, 0) is 23.8 Å². The van der Waals surface area contributed by atoms with E-state index in [9.17, 15) is 24.6 Å². The minimum absolute atomic E-state index is 0.0104. The third kappa shape index (κ3) is 7.66. The Morgan fingerprint density at radius 3 is 2.54 bits per heavy atom. The molecule has 0 spiro atoms. The first kappa shape index (κ1) is 36.1. The summed E-state index contributed by atoms with van der Waals surface area (Å²) in [6.45, 7) is 6.02. The number of carbonyl (C=O) groups excluding carboxylic acids is 3. The van der Waals surface area contributed by atoms with Crippen molar-refractivity contribution in [1.82, 2.24) is 5.32 Å². The predicted molar refractivity (Wildman–Crippen MR) is 179 cm³/mol. The minimum atomic E-state index is -0.889. The van der Waals surface area contributed by atoms with E-state index in [0.29, 0.717) is 43.9 Å². The maximum Gasteiger partial charge on any atom is 0.256 e. The van der Waals surface area contributed by atoms with Gasteiger partial charge < -0.3 is 45.5 Å². The second-order valence-electron chi connectivity index (χ2n) is 14.4. The summed E-state index contributed by atoms with van der Waals surface area (Å²) in [5, 5.41) is 25.9. The summed E-state index contributed by atoms with van der Waals surface area (Å²) >= 11 is 0. The number of benzene rings is 1. The number of hydrogen-bond acceptors (Lipinski definition) is 9. The van der Waals surface area contributed by atoms with E-state index in [-0.39, 0.29) is 65.8 Å².